The number of aromatic nitrogens is 2. The third kappa shape index (κ3) is 3.17. The van der Waals surface area contributed by atoms with Crippen LogP contribution < -0.4 is 5.32 Å². The third-order valence-electron chi connectivity index (χ3n) is 4.24. The Morgan fingerprint density at radius 3 is 2.35 bits per heavy atom. The summed E-state index contributed by atoms with van der Waals surface area (Å²) in [6.45, 7) is 2.04. The second-order valence-corrected chi connectivity index (χ2v) is 6.14. The fraction of sp³-hybridized carbons (Fsp3) is 0.0455. The zero-order chi connectivity index (χ0) is 17.9. The van der Waals surface area contributed by atoms with Crippen molar-refractivity contribution in [3.63, 3.8) is 0 Å². The number of anilines is 2. The molecule has 0 atom stereocenters. The van der Waals surface area contributed by atoms with Gasteiger partial charge in [-0.15, -0.1) is 0 Å². The van der Waals surface area contributed by atoms with E-state index in [2.05, 4.69) is 21.4 Å². The summed E-state index contributed by atoms with van der Waals surface area (Å²) in [4.78, 5) is 21.1. The van der Waals surface area contributed by atoms with Crippen LogP contribution in [0.25, 0.3) is 10.9 Å². The molecule has 26 heavy (non-hydrogen) atoms. The smallest absolute Gasteiger partial charge is 0.193 e. The van der Waals surface area contributed by atoms with E-state index in [4.69, 9.17) is 0 Å². The van der Waals surface area contributed by atoms with Gasteiger partial charge in [-0.1, -0.05) is 42.0 Å². The number of rotatable bonds is 4. The van der Waals surface area contributed by atoms with Crippen LogP contribution in [0, 0.1) is 6.92 Å². The second kappa shape index (κ2) is 6.76. The molecule has 1 N–H and O–H groups in total. The van der Waals surface area contributed by atoms with Crippen molar-refractivity contribution in [1.82, 2.24) is 9.97 Å². The molecule has 0 amide bonds. The summed E-state index contributed by atoms with van der Waals surface area (Å²) in [5.41, 5.74) is 4.26. The first kappa shape index (κ1) is 16.0. The maximum absolute atomic E-state index is 12.5. The number of ketones is 1. The van der Waals surface area contributed by atoms with Crippen LogP contribution in [0.15, 0.2) is 79.1 Å². The van der Waals surface area contributed by atoms with Crippen LogP contribution >= 0.6 is 0 Å². The number of hydrogen-bond donors (Lipinski definition) is 1. The van der Waals surface area contributed by atoms with Crippen molar-refractivity contribution in [3.8, 4) is 0 Å². The quantitative estimate of drug-likeness (QED) is 0.537. The first-order valence-corrected chi connectivity index (χ1v) is 8.39. The number of carbonyl (C=O) groups excluding carboxylic acids is 1. The van der Waals surface area contributed by atoms with Crippen molar-refractivity contribution in [2.75, 3.05) is 5.32 Å². The van der Waals surface area contributed by atoms with E-state index in [1.165, 1.54) is 0 Å². The fourth-order valence-electron chi connectivity index (χ4n) is 2.87. The number of nitrogens with one attached hydrogen (secondary N) is 1. The van der Waals surface area contributed by atoms with E-state index < -0.39 is 0 Å². The average Bonchev–Trinajstić information content (AvgIpc) is 2.69. The predicted octanol–water partition coefficient (Wildman–Crippen LogP) is 4.91. The highest BCUT2D eigenvalue weighted by Crippen LogP contribution is 2.24. The van der Waals surface area contributed by atoms with Gasteiger partial charge < -0.3 is 5.32 Å². The molecule has 1 aromatic heterocycles. The number of benzene rings is 3. The lowest BCUT2D eigenvalue weighted by atomic mass is 10.0. The SMILES string of the molecule is Cc1ccc2ncnc(Nc3ccc(C(=O)c4ccccc4)cc3)c2c1. The molecular formula is C22H17N3O. The summed E-state index contributed by atoms with van der Waals surface area (Å²) in [7, 11) is 0. The lowest BCUT2D eigenvalue weighted by molar-refractivity contribution is 0.103. The molecule has 1 heterocycles. The van der Waals surface area contributed by atoms with Crippen molar-refractivity contribution in [2.45, 2.75) is 6.92 Å². The van der Waals surface area contributed by atoms with E-state index in [9.17, 15) is 4.79 Å². The fourth-order valence-corrected chi connectivity index (χ4v) is 2.87. The molecule has 126 valence electrons. The summed E-state index contributed by atoms with van der Waals surface area (Å²) in [6, 6.07) is 22.8. The Balaban J connectivity index is 1.61. The summed E-state index contributed by atoms with van der Waals surface area (Å²) in [5, 5.41) is 4.29. The van der Waals surface area contributed by atoms with Gasteiger partial charge in [-0.3, -0.25) is 4.79 Å². The molecule has 4 aromatic rings. The summed E-state index contributed by atoms with van der Waals surface area (Å²) < 4.78 is 0. The maximum Gasteiger partial charge on any atom is 0.193 e. The van der Waals surface area contributed by atoms with Gasteiger partial charge in [0.05, 0.1) is 5.52 Å². The van der Waals surface area contributed by atoms with Crippen molar-refractivity contribution in [3.05, 3.63) is 95.8 Å². The van der Waals surface area contributed by atoms with Gasteiger partial charge in [-0.05, 0) is 43.3 Å². The highest BCUT2D eigenvalue weighted by atomic mass is 16.1. The summed E-state index contributed by atoms with van der Waals surface area (Å²) >= 11 is 0. The van der Waals surface area contributed by atoms with Crippen molar-refractivity contribution in [1.29, 1.82) is 0 Å². The number of fused-ring (bicyclic) bond motifs is 1. The third-order valence-corrected chi connectivity index (χ3v) is 4.24. The van der Waals surface area contributed by atoms with Gasteiger partial charge in [0.1, 0.15) is 12.1 Å². The van der Waals surface area contributed by atoms with E-state index in [0.29, 0.717) is 11.1 Å². The van der Waals surface area contributed by atoms with E-state index >= 15 is 0 Å². The number of nitrogens with zero attached hydrogens (tertiary/aromatic N) is 2. The van der Waals surface area contributed by atoms with Crippen LogP contribution in [-0.2, 0) is 0 Å². The Morgan fingerprint density at radius 2 is 1.58 bits per heavy atom. The minimum absolute atomic E-state index is 0.0141. The van der Waals surface area contributed by atoms with Crippen molar-refractivity contribution in [2.24, 2.45) is 0 Å². The van der Waals surface area contributed by atoms with E-state index in [0.717, 1.165) is 28.0 Å². The lowest BCUT2D eigenvalue weighted by Gasteiger charge is -2.09. The number of carbonyl (C=O) groups is 1. The topological polar surface area (TPSA) is 54.9 Å². The molecule has 4 heteroatoms. The minimum Gasteiger partial charge on any atom is -0.340 e. The van der Waals surface area contributed by atoms with Crippen LogP contribution in [0.2, 0.25) is 0 Å². The van der Waals surface area contributed by atoms with Gasteiger partial charge in [-0.25, -0.2) is 9.97 Å². The van der Waals surface area contributed by atoms with Gasteiger partial charge in [0.2, 0.25) is 0 Å². The zero-order valence-electron chi connectivity index (χ0n) is 14.3. The van der Waals surface area contributed by atoms with Gasteiger partial charge in [0.15, 0.2) is 5.78 Å². The molecule has 0 unspecified atom stereocenters. The van der Waals surface area contributed by atoms with E-state index in [1.807, 2.05) is 73.7 Å². The van der Waals surface area contributed by atoms with E-state index in [1.54, 1.807) is 6.33 Å². The van der Waals surface area contributed by atoms with Crippen LogP contribution in [0.5, 0.6) is 0 Å². The van der Waals surface area contributed by atoms with Gasteiger partial charge >= 0.3 is 0 Å². The number of hydrogen-bond acceptors (Lipinski definition) is 4. The molecule has 0 spiro atoms. The molecule has 0 saturated carbocycles. The first-order valence-electron chi connectivity index (χ1n) is 8.39. The molecular weight excluding hydrogens is 322 g/mol. The first-order chi connectivity index (χ1) is 12.7. The molecule has 0 aliphatic heterocycles. The Labute approximate surface area is 151 Å². The molecule has 0 saturated heterocycles. The van der Waals surface area contributed by atoms with Crippen LogP contribution in [-0.4, -0.2) is 15.8 Å². The second-order valence-electron chi connectivity index (χ2n) is 6.14. The van der Waals surface area contributed by atoms with Crippen LogP contribution in [0.3, 0.4) is 0 Å². The highest BCUT2D eigenvalue weighted by Gasteiger charge is 2.09. The van der Waals surface area contributed by atoms with Gasteiger partial charge in [0, 0.05) is 22.2 Å². The maximum atomic E-state index is 12.5. The van der Waals surface area contributed by atoms with Crippen molar-refractivity contribution < 1.29 is 4.79 Å². The molecule has 0 radical (unpaired) electrons. The monoisotopic (exact) mass is 339 g/mol. The molecule has 3 aromatic carbocycles. The van der Waals surface area contributed by atoms with Gasteiger partial charge in [-0.2, -0.15) is 0 Å². The minimum atomic E-state index is 0.0141. The molecule has 4 rings (SSSR count). The van der Waals surface area contributed by atoms with E-state index in [-0.39, 0.29) is 5.78 Å². The zero-order valence-corrected chi connectivity index (χ0v) is 14.3. The molecule has 0 aliphatic carbocycles. The molecule has 0 aliphatic rings. The molecule has 0 bridgehead atoms. The summed E-state index contributed by atoms with van der Waals surface area (Å²) in [6.07, 6.45) is 1.55. The number of aryl methyl sites for hydroxylation is 1. The lowest BCUT2D eigenvalue weighted by Crippen LogP contribution is -2.01. The Hall–Kier alpha value is -3.53. The molecule has 4 nitrogen and oxygen atoms in total. The Morgan fingerprint density at radius 1 is 0.846 bits per heavy atom. The predicted molar refractivity (Wildman–Crippen MR) is 104 cm³/mol. The Kier molecular flexibility index (Phi) is 4.15. The Bertz CT molecular complexity index is 1070. The van der Waals surface area contributed by atoms with Crippen LogP contribution in [0.1, 0.15) is 21.5 Å². The highest BCUT2D eigenvalue weighted by molar-refractivity contribution is 6.09. The standard InChI is InChI=1S/C22H17N3O/c1-15-7-12-20-19(13-15)22(24-14-23-20)25-18-10-8-17(9-11-18)21(26)16-5-3-2-4-6-16/h2-14H,1H3,(H,23,24,25). The molecule has 0 fully saturated rings. The summed E-state index contributed by atoms with van der Waals surface area (Å²) in [5.74, 6) is 0.765. The largest absolute Gasteiger partial charge is 0.340 e. The average molecular weight is 339 g/mol. The van der Waals surface area contributed by atoms with Gasteiger partial charge in [0.25, 0.3) is 0 Å². The normalized spacial score (nSPS) is 10.7. The van der Waals surface area contributed by atoms with Crippen LogP contribution in [0.4, 0.5) is 11.5 Å². The van der Waals surface area contributed by atoms with Crippen molar-refractivity contribution >= 4 is 28.2 Å².